The molecular formula is C24H30N2. The van der Waals surface area contributed by atoms with E-state index in [1.165, 1.54) is 57.3 Å². The Labute approximate surface area is 158 Å². The molecule has 0 amide bonds. The molecule has 1 aromatic rings. The van der Waals surface area contributed by atoms with Crippen molar-refractivity contribution in [2.45, 2.75) is 58.4 Å². The maximum atomic E-state index is 3.65. The zero-order valence-corrected chi connectivity index (χ0v) is 16.1. The molecule has 2 heterocycles. The lowest BCUT2D eigenvalue weighted by Gasteiger charge is -2.38. The van der Waals surface area contributed by atoms with Crippen molar-refractivity contribution >= 4 is 5.69 Å². The van der Waals surface area contributed by atoms with Crippen LogP contribution in [0.3, 0.4) is 0 Å². The molecule has 1 saturated heterocycles. The molecule has 1 N–H and O–H groups in total. The number of fused-ring (bicyclic) bond motifs is 1. The quantitative estimate of drug-likeness (QED) is 0.718. The van der Waals surface area contributed by atoms with Gasteiger partial charge in [-0.05, 0) is 79.7 Å². The Bertz CT molecular complexity index is 782. The van der Waals surface area contributed by atoms with Crippen molar-refractivity contribution in [2.24, 2.45) is 5.41 Å². The van der Waals surface area contributed by atoms with Crippen LogP contribution in [0.25, 0.3) is 0 Å². The number of hydrogen-bond donors (Lipinski definition) is 1. The first-order chi connectivity index (χ1) is 12.6. The zero-order chi connectivity index (χ0) is 18.0. The first-order valence-corrected chi connectivity index (χ1v) is 10.1. The van der Waals surface area contributed by atoms with Crippen LogP contribution in [0.15, 0.2) is 47.7 Å². The van der Waals surface area contributed by atoms with Gasteiger partial charge in [0.2, 0.25) is 0 Å². The van der Waals surface area contributed by atoms with Crippen molar-refractivity contribution in [1.82, 2.24) is 5.32 Å². The van der Waals surface area contributed by atoms with Crippen LogP contribution in [0.2, 0.25) is 0 Å². The number of piperidine rings is 1. The second-order valence-corrected chi connectivity index (χ2v) is 8.75. The van der Waals surface area contributed by atoms with E-state index in [2.05, 4.69) is 72.3 Å². The molecule has 26 heavy (non-hydrogen) atoms. The molecule has 1 aromatic carbocycles. The molecule has 2 nitrogen and oxygen atoms in total. The van der Waals surface area contributed by atoms with Gasteiger partial charge in [0.1, 0.15) is 0 Å². The van der Waals surface area contributed by atoms with E-state index in [1.807, 2.05) is 0 Å². The number of rotatable bonds is 1. The van der Waals surface area contributed by atoms with Crippen LogP contribution < -0.4 is 10.2 Å². The van der Waals surface area contributed by atoms with Crippen molar-refractivity contribution in [2.75, 3.05) is 18.0 Å². The van der Waals surface area contributed by atoms with Crippen LogP contribution in [0, 0.1) is 17.3 Å². The van der Waals surface area contributed by atoms with Crippen LogP contribution >= 0.6 is 0 Å². The lowest BCUT2D eigenvalue weighted by Crippen LogP contribution is -2.38. The minimum Gasteiger partial charge on any atom is -0.372 e. The zero-order valence-electron chi connectivity index (χ0n) is 16.1. The molecule has 1 aliphatic carbocycles. The Morgan fingerprint density at radius 1 is 1.08 bits per heavy atom. The fourth-order valence-electron chi connectivity index (χ4n) is 4.40. The van der Waals surface area contributed by atoms with E-state index in [1.54, 1.807) is 5.57 Å². The minimum absolute atomic E-state index is 0.440. The summed E-state index contributed by atoms with van der Waals surface area (Å²) in [7, 11) is 0. The van der Waals surface area contributed by atoms with Gasteiger partial charge in [0, 0.05) is 30.4 Å². The first-order valence-electron chi connectivity index (χ1n) is 10.1. The molecule has 2 fully saturated rings. The lowest BCUT2D eigenvalue weighted by molar-refractivity contribution is 0.263. The maximum absolute atomic E-state index is 3.65. The standard InChI is InChI=1S/C24H30N2/c1-24(2)14-13-23-20(18-24)10-12-21(25-23)11-9-19-7-6-8-22(17-19)26-15-4-3-5-16-26/h6-8,10,12,17,23,25H,3-5,13-16,18H2,1-2H3. The second-order valence-electron chi connectivity index (χ2n) is 8.75. The summed E-state index contributed by atoms with van der Waals surface area (Å²) in [6, 6.07) is 9.20. The third kappa shape index (κ3) is 3.98. The number of nitrogens with one attached hydrogen (secondary N) is 1. The molecule has 0 bridgehead atoms. The maximum Gasteiger partial charge on any atom is 0.0861 e. The third-order valence-corrected chi connectivity index (χ3v) is 5.94. The molecule has 4 rings (SSSR count). The van der Waals surface area contributed by atoms with Gasteiger partial charge in [-0.3, -0.25) is 0 Å². The predicted molar refractivity (Wildman–Crippen MR) is 110 cm³/mol. The average Bonchev–Trinajstić information content (AvgIpc) is 2.67. The highest BCUT2D eigenvalue weighted by Gasteiger charge is 2.31. The SMILES string of the molecule is CC1(C)CCC2NC(C#Cc3cccc(N4CCCCC4)c3)=CC=C2C1. The summed E-state index contributed by atoms with van der Waals surface area (Å²) in [4.78, 5) is 2.49. The van der Waals surface area contributed by atoms with Crippen LogP contribution in [-0.4, -0.2) is 19.1 Å². The molecule has 1 atom stereocenters. The number of anilines is 1. The summed E-state index contributed by atoms with van der Waals surface area (Å²) in [5.41, 5.74) is 5.46. The van der Waals surface area contributed by atoms with Crippen molar-refractivity contribution < 1.29 is 0 Å². The van der Waals surface area contributed by atoms with Crippen LogP contribution in [-0.2, 0) is 0 Å². The minimum atomic E-state index is 0.440. The highest BCUT2D eigenvalue weighted by molar-refractivity contribution is 5.54. The van der Waals surface area contributed by atoms with E-state index < -0.39 is 0 Å². The predicted octanol–water partition coefficient (Wildman–Crippen LogP) is 5.02. The van der Waals surface area contributed by atoms with Crippen LogP contribution in [0.4, 0.5) is 5.69 Å². The molecule has 1 unspecified atom stereocenters. The van der Waals surface area contributed by atoms with Gasteiger partial charge in [-0.1, -0.05) is 31.9 Å². The normalized spacial score (nSPS) is 24.4. The molecular weight excluding hydrogens is 316 g/mol. The Balaban J connectivity index is 1.48. The summed E-state index contributed by atoms with van der Waals surface area (Å²) in [6.45, 7) is 7.10. The Morgan fingerprint density at radius 3 is 2.77 bits per heavy atom. The molecule has 0 radical (unpaired) electrons. The van der Waals surface area contributed by atoms with Crippen LogP contribution in [0.5, 0.6) is 0 Å². The number of nitrogens with zero attached hydrogens (tertiary/aromatic N) is 1. The Kier molecular flexibility index (Phi) is 4.81. The lowest BCUT2D eigenvalue weighted by atomic mass is 9.72. The van der Waals surface area contributed by atoms with E-state index in [4.69, 9.17) is 0 Å². The summed E-state index contributed by atoms with van der Waals surface area (Å²) < 4.78 is 0. The summed E-state index contributed by atoms with van der Waals surface area (Å²) >= 11 is 0. The monoisotopic (exact) mass is 346 g/mol. The molecule has 2 aliphatic heterocycles. The summed E-state index contributed by atoms with van der Waals surface area (Å²) in [5, 5.41) is 3.65. The number of benzene rings is 1. The molecule has 2 heteroatoms. The van der Waals surface area contributed by atoms with Gasteiger partial charge < -0.3 is 10.2 Å². The molecule has 3 aliphatic rings. The number of allylic oxidation sites excluding steroid dienone is 3. The van der Waals surface area contributed by atoms with Gasteiger partial charge >= 0.3 is 0 Å². The van der Waals surface area contributed by atoms with E-state index >= 15 is 0 Å². The van der Waals surface area contributed by atoms with Crippen molar-refractivity contribution in [1.29, 1.82) is 0 Å². The van der Waals surface area contributed by atoms with Crippen molar-refractivity contribution in [3.8, 4) is 11.8 Å². The van der Waals surface area contributed by atoms with E-state index in [0.29, 0.717) is 11.5 Å². The number of hydrogen-bond acceptors (Lipinski definition) is 2. The fourth-order valence-corrected chi connectivity index (χ4v) is 4.40. The summed E-state index contributed by atoms with van der Waals surface area (Å²) in [5.74, 6) is 6.73. The first kappa shape index (κ1) is 17.3. The van der Waals surface area contributed by atoms with E-state index in [-0.39, 0.29) is 0 Å². The average molecular weight is 347 g/mol. The van der Waals surface area contributed by atoms with Gasteiger partial charge in [-0.2, -0.15) is 0 Å². The number of dihydropyridines is 1. The van der Waals surface area contributed by atoms with Crippen LogP contribution in [0.1, 0.15) is 57.9 Å². The van der Waals surface area contributed by atoms with Crippen molar-refractivity contribution in [3.63, 3.8) is 0 Å². The summed E-state index contributed by atoms with van der Waals surface area (Å²) in [6.07, 6.45) is 12.1. The topological polar surface area (TPSA) is 15.3 Å². The molecule has 1 saturated carbocycles. The second kappa shape index (κ2) is 7.23. The van der Waals surface area contributed by atoms with E-state index in [9.17, 15) is 0 Å². The smallest absolute Gasteiger partial charge is 0.0861 e. The van der Waals surface area contributed by atoms with Crippen molar-refractivity contribution in [3.05, 3.63) is 53.3 Å². The van der Waals surface area contributed by atoms with Gasteiger partial charge in [0.05, 0.1) is 5.70 Å². The van der Waals surface area contributed by atoms with Gasteiger partial charge in [-0.15, -0.1) is 0 Å². The van der Waals surface area contributed by atoms with E-state index in [0.717, 1.165) is 11.3 Å². The highest BCUT2D eigenvalue weighted by atomic mass is 15.1. The molecule has 0 aromatic heterocycles. The fraction of sp³-hybridized carbons (Fsp3) is 0.500. The highest BCUT2D eigenvalue weighted by Crippen LogP contribution is 2.39. The van der Waals surface area contributed by atoms with Gasteiger partial charge in [-0.25, -0.2) is 0 Å². The van der Waals surface area contributed by atoms with Gasteiger partial charge in [0.25, 0.3) is 0 Å². The molecule has 0 spiro atoms. The largest absolute Gasteiger partial charge is 0.372 e. The third-order valence-electron chi connectivity index (χ3n) is 5.94. The Morgan fingerprint density at radius 2 is 1.92 bits per heavy atom. The van der Waals surface area contributed by atoms with Gasteiger partial charge in [0.15, 0.2) is 0 Å². The Hall–Kier alpha value is -2.14. The molecule has 136 valence electrons.